The van der Waals surface area contributed by atoms with Crippen molar-refractivity contribution in [3.8, 4) is 5.75 Å². The lowest BCUT2D eigenvalue weighted by Crippen LogP contribution is -2.09. The van der Waals surface area contributed by atoms with Gasteiger partial charge >= 0.3 is 0 Å². The average molecular weight is 426 g/mol. The van der Waals surface area contributed by atoms with Crippen LogP contribution in [0.15, 0.2) is 58.2 Å². The van der Waals surface area contributed by atoms with E-state index in [2.05, 4.69) is 4.98 Å². The minimum absolute atomic E-state index is 0.0324. The number of nitrogens with one attached hydrogen (secondary N) is 1. The number of halogens is 2. The fraction of sp³-hybridized carbons (Fsp3) is 0.211. The normalized spacial score (nSPS) is 11.6. The smallest absolute Gasteiger partial charge is 0.248 e. The highest BCUT2D eigenvalue weighted by molar-refractivity contribution is 7.91. The van der Waals surface area contributed by atoms with Crippen LogP contribution in [-0.2, 0) is 9.84 Å². The predicted octanol–water partition coefficient (Wildman–Crippen LogP) is 4.47. The molecule has 0 atom stereocenters. The molecule has 0 amide bonds. The first-order valence-corrected chi connectivity index (χ1v) is 10.7. The van der Waals surface area contributed by atoms with Gasteiger partial charge in [-0.1, -0.05) is 23.2 Å². The van der Waals surface area contributed by atoms with Crippen LogP contribution >= 0.6 is 23.2 Å². The summed E-state index contributed by atoms with van der Waals surface area (Å²) < 4.78 is 30.5. The predicted molar refractivity (Wildman–Crippen MR) is 108 cm³/mol. The lowest BCUT2D eigenvalue weighted by Gasteiger charge is -2.09. The molecule has 0 saturated carbocycles. The Morgan fingerprint density at radius 1 is 0.963 bits per heavy atom. The van der Waals surface area contributed by atoms with Crippen molar-refractivity contribution in [1.82, 2.24) is 4.98 Å². The molecule has 0 aliphatic carbocycles. The molecule has 3 aromatic rings. The van der Waals surface area contributed by atoms with E-state index in [4.69, 9.17) is 27.9 Å². The average Bonchev–Trinajstić information content (AvgIpc) is 2.63. The van der Waals surface area contributed by atoms with Crippen molar-refractivity contribution in [2.45, 2.75) is 17.7 Å². The number of fused-ring (bicyclic) bond motifs is 1. The third-order valence-electron chi connectivity index (χ3n) is 4.00. The van der Waals surface area contributed by atoms with E-state index >= 15 is 0 Å². The molecule has 8 heteroatoms. The molecule has 0 aliphatic rings. The number of sulfone groups is 1. The molecule has 27 heavy (non-hydrogen) atoms. The van der Waals surface area contributed by atoms with Crippen LogP contribution in [0.3, 0.4) is 0 Å². The highest BCUT2D eigenvalue weighted by Gasteiger charge is 2.18. The minimum atomic E-state index is -3.50. The summed E-state index contributed by atoms with van der Waals surface area (Å²) in [6.07, 6.45) is 1.01. The van der Waals surface area contributed by atoms with Crippen LogP contribution in [0, 0.1) is 0 Å². The standard InChI is InChI=1S/C19H17Cl2NO4S/c20-14-4-6-16(21)18(12-14)27(24,25)10-2-1-9-26-15-5-7-17-13(11-15)3-8-19(23)22-17/h3-8,11-12H,1-2,9-10H2,(H,22,23). The molecule has 3 rings (SSSR count). The maximum atomic E-state index is 12.4. The van der Waals surface area contributed by atoms with Crippen LogP contribution in [0.2, 0.25) is 10.0 Å². The van der Waals surface area contributed by atoms with Crippen molar-refractivity contribution >= 4 is 43.9 Å². The number of rotatable bonds is 7. The van der Waals surface area contributed by atoms with Gasteiger partial charge in [0.25, 0.3) is 0 Å². The number of pyridine rings is 1. The van der Waals surface area contributed by atoms with Gasteiger partial charge in [0, 0.05) is 22.0 Å². The molecule has 0 aliphatic heterocycles. The summed E-state index contributed by atoms with van der Waals surface area (Å²) in [4.78, 5) is 14.1. The zero-order chi connectivity index (χ0) is 19.4. The van der Waals surface area contributed by atoms with Gasteiger partial charge in [-0.15, -0.1) is 0 Å². The first-order chi connectivity index (χ1) is 12.8. The van der Waals surface area contributed by atoms with Crippen LogP contribution in [0.4, 0.5) is 0 Å². The zero-order valence-electron chi connectivity index (χ0n) is 14.2. The Hall–Kier alpha value is -2.02. The van der Waals surface area contributed by atoms with Gasteiger partial charge in [-0.05, 0) is 55.3 Å². The molecule has 0 bridgehead atoms. The molecular weight excluding hydrogens is 409 g/mol. The summed E-state index contributed by atoms with van der Waals surface area (Å²) in [5.74, 6) is 0.630. The SMILES string of the molecule is O=c1ccc2cc(OCCCCS(=O)(=O)c3cc(Cl)ccc3Cl)ccc2[nH]1. The van der Waals surface area contributed by atoms with Crippen molar-refractivity contribution in [3.05, 3.63) is 68.9 Å². The molecule has 0 unspecified atom stereocenters. The number of hydrogen-bond acceptors (Lipinski definition) is 4. The number of aromatic nitrogens is 1. The Morgan fingerprint density at radius 3 is 2.59 bits per heavy atom. The second-order valence-electron chi connectivity index (χ2n) is 6.02. The summed E-state index contributed by atoms with van der Waals surface area (Å²) in [7, 11) is -3.50. The van der Waals surface area contributed by atoms with E-state index in [1.54, 1.807) is 24.3 Å². The number of hydrogen-bond donors (Lipinski definition) is 1. The van der Waals surface area contributed by atoms with Gasteiger partial charge in [-0.2, -0.15) is 0 Å². The van der Waals surface area contributed by atoms with Crippen molar-refractivity contribution in [2.24, 2.45) is 0 Å². The van der Waals surface area contributed by atoms with Crippen LogP contribution in [0.5, 0.6) is 5.75 Å². The Morgan fingerprint density at radius 2 is 1.78 bits per heavy atom. The summed E-state index contributed by atoms with van der Waals surface area (Å²) in [6.45, 7) is 0.383. The van der Waals surface area contributed by atoms with Crippen LogP contribution in [-0.4, -0.2) is 25.8 Å². The Kier molecular flexibility index (Phi) is 6.09. The molecule has 0 radical (unpaired) electrons. The first kappa shape index (κ1) is 19.7. The van der Waals surface area contributed by atoms with E-state index in [0.717, 1.165) is 10.9 Å². The Labute approximate surface area is 166 Å². The zero-order valence-corrected chi connectivity index (χ0v) is 16.6. The monoisotopic (exact) mass is 425 g/mol. The van der Waals surface area contributed by atoms with Gasteiger partial charge in [-0.25, -0.2) is 8.42 Å². The molecule has 1 N–H and O–H groups in total. The maximum Gasteiger partial charge on any atom is 0.248 e. The summed E-state index contributed by atoms with van der Waals surface area (Å²) in [5, 5.41) is 1.37. The lowest BCUT2D eigenvalue weighted by atomic mass is 10.2. The molecular formula is C19H17Cl2NO4S. The van der Waals surface area contributed by atoms with Crippen LogP contribution < -0.4 is 10.3 Å². The molecule has 142 valence electrons. The van der Waals surface area contributed by atoms with Crippen molar-refractivity contribution < 1.29 is 13.2 Å². The van der Waals surface area contributed by atoms with Gasteiger partial charge in [0.15, 0.2) is 9.84 Å². The number of aromatic amines is 1. The Bertz CT molecular complexity index is 1130. The quantitative estimate of drug-likeness (QED) is 0.566. The van der Waals surface area contributed by atoms with Crippen molar-refractivity contribution in [2.75, 3.05) is 12.4 Å². The fourth-order valence-corrected chi connectivity index (χ4v) is 4.81. The first-order valence-electron chi connectivity index (χ1n) is 8.29. The van der Waals surface area contributed by atoms with Crippen LogP contribution in [0.25, 0.3) is 10.9 Å². The molecule has 1 heterocycles. The third-order valence-corrected chi connectivity index (χ3v) is 6.51. The second kappa shape index (κ2) is 8.33. The number of unbranched alkanes of at least 4 members (excludes halogenated alkanes) is 1. The summed E-state index contributed by atoms with van der Waals surface area (Å²) in [5.41, 5.74) is 0.580. The van der Waals surface area contributed by atoms with E-state index in [1.165, 1.54) is 18.2 Å². The number of benzene rings is 2. The van der Waals surface area contributed by atoms with E-state index < -0.39 is 9.84 Å². The third kappa shape index (κ3) is 5.03. The molecule has 0 saturated heterocycles. The maximum absolute atomic E-state index is 12.4. The fourth-order valence-electron chi connectivity index (χ4n) is 2.63. The van der Waals surface area contributed by atoms with Gasteiger partial charge in [0.2, 0.25) is 5.56 Å². The topological polar surface area (TPSA) is 76.2 Å². The van der Waals surface area contributed by atoms with Gasteiger partial charge in [0.05, 0.1) is 22.3 Å². The lowest BCUT2D eigenvalue weighted by molar-refractivity contribution is 0.310. The van der Waals surface area contributed by atoms with E-state index in [-0.39, 0.29) is 21.2 Å². The highest BCUT2D eigenvalue weighted by Crippen LogP contribution is 2.26. The van der Waals surface area contributed by atoms with E-state index in [1.807, 2.05) is 6.07 Å². The van der Waals surface area contributed by atoms with Gasteiger partial charge < -0.3 is 9.72 Å². The molecule has 1 aromatic heterocycles. The largest absolute Gasteiger partial charge is 0.494 e. The van der Waals surface area contributed by atoms with Crippen molar-refractivity contribution in [1.29, 1.82) is 0 Å². The summed E-state index contributed by atoms with van der Waals surface area (Å²) in [6, 6.07) is 12.9. The Balaban J connectivity index is 1.54. The molecule has 2 aromatic carbocycles. The van der Waals surface area contributed by atoms with E-state index in [0.29, 0.717) is 30.2 Å². The molecule has 5 nitrogen and oxygen atoms in total. The highest BCUT2D eigenvalue weighted by atomic mass is 35.5. The van der Waals surface area contributed by atoms with Crippen molar-refractivity contribution in [3.63, 3.8) is 0 Å². The van der Waals surface area contributed by atoms with Gasteiger partial charge in [0.1, 0.15) is 5.75 Å². The number of H-pyrrole nitrogens is 1. The molecule has 0 spiro atoms. The van der Waals surface area contributed by atoms with E-state index in [9.17, 15) is 13.2 Å². The second-order valence-corrected chi connectivity index (χ2v) is 8.94. The number of ether oxygens (including phenoxy) is 1. The molecule has 0 fully saturated rings. The van der Waals surface area contributed by atoms with Crippen LogP contribution in [0.1, 0.15) is 12.8 Å². The van der Waals surface area contributed by atoms with Gasteiger partial charge in [-0.3, -0.25) is 4.79 Å². The minimum Gasteiger partial charge on any atom is -0.494 e. The summed E-state index contributed by atoms with van der Waals surface area (Å²) >= 11 is 11.8.